The first-order valence-electron chi connectivity index (χ1n) is 10.1. The minimum Gasteiger partial charge on any atom is -0.477 e. The van der Waals surface area contributed by atoms with Crippen LogP contribution in [0.15, 0.2) is 66.9 Å². The first kappa shape index (κ1) is 21.1. The number of hydrogen-bond donors (Lipinski definition) is 1. The lowest BCUT2D eigenvalue weighted by atomic mass is 9.96. The smallest absolute Gasteiger partial charge is 0.354 e. The van der Waals surface area contributed by atoms with Crippen LogP contribution in [0.3, 0.4) is 0 Å². The second-order valence-corrected chi connectivity index (χ2v) is 7.67. The van der Waals surface area contributed by atoms with E-state index >= 15 is 0 Å². The highest BCUT2D eigenvalue weighted by molar-refractivity contribution is 5.85. The number of nitrogens with zero attached hydrogens (tertiary/aromatic N) is 3. The van der Waals surface area contributed by atoms with E-state index in [9.17, 15) is 13.6 Å². The Morgan fingerprint density at radius 3 is 1.87 bits per heavy atom. The fraction of sp³-hybridized carbons (Fsp3) is 0.250. The SMILES string of the molecule is O=C(O)c1ccc(CN2CCN(C(c3ccc(F)cc3)c3ccc(F)cc3)CC2)cn1. The number of rotatable bonds is 6. The predicted molar refractivity (Wildman–Crippen MR) is 113 cm³/mol. The van der Waals surface area contributed by atoms with Gasteiger partial charge in [0.1, 0.15) is 17.3 Å². The fourth-order valence-electron chi connectivity index (χ4n) is 3.99. The van der Waals surface area contributed by atoms with Gasteiger partial charge < -0.3 is 5.11 Å². The molecular weight excluding hydrogens is 400 g/mol. The Morgan fingerprint density at radius 1 is 0.871 bits per heavy atom. The Morgan fingerprint density at radius 2 is 1.42 bits per heavy atom. The molecule has 0 saturated carbocycles. The fourth-order valence-corrected chi connectivity index (χ4v) is 3.99. The largest absolute Gasteiger partial charge is 0.477 e. The highest BCUT2D eigenvalue weighted by Crippen LogP contribution is 2.30. The monoisotopic (exact) mass is 423 g/mol. The van der Waals surface area contributed by atoms with E-state index in [4.69, 9.17) is 5.11 Å². The molecule has 0 amide bonds. The van der Waals surface area contributed by atoms with E-state index in [1.165, 1.54) is 30.3 Å². The van der Waals surface area contributed by atoms with Crippen LogP contribution in [-0.4, -0.2) is 52.0 Å². The molecule has 3 aromatic rings. The highest BCUT2D eigenvalue weighted by atomic mass is 19.1. The lowest BCUT2D eigenvalue weighted by Gasteiger charge is -2.39. The van der Waals surface area contributed by atoms with E-state index < -0.39 is 5.97 Å². The second kappa shape index (κ2) is 9.32. The molecule has 2 heterocycles. The molecule has 1 fully saturated rings. The molecule has 0 radical (unpaired) electrons. The molecule has 0 aliphatic carbocycles. The third-order valence-corrected chi connectivity index (χ3v) is 5.59. The number of hydrogen-bond acceptors (Lipinski definition) is 4. The summed E-state index contributed by atoms with van der Waals surface area (Å²) in [6.45, 7) is 3.91. The molecule has 1 aromatic heterocycles. The van der Waals surface area contributed by atoms with Crippen molar-refractivity contribution >= 4 is 5.97 Å². The van der Waals surface area contributed by atoms with Crippen LogP contribution in [0, 0.1) is 11.6 Å². The maximum Gasteiger partial charge on any atom is 0.354 e. The van der Waals surface area contributed by atoms with Gasteiger partial charge >= 0.3 is 5.97 Å². The summed E-state index contributed by atoms with van der Waals surface area (Å²) in [4.78, 5) is 19.6. The van der Waals surface area contributed by atoms with Crippen LogP contribution < -0.4 is 0 Å². The number of piperazine rings is 1. The topological polar surface area (TPSA) is 56.7 Å². The summed E-state index contributed by atoms with van der Waals surface area (Å²) >= 11 is 0. The van der Waals surface area contributed by atoms with Gasteiger partial charge in [-0.2, -0.15) is 0 Å². The van der Waals surface area contributed by atoms with Crippen molar-refractivity contribution in [2.75, 3.05) is 26.2 Å². The van der Waals surface area contributed by atoms with Crippen LogP contribution in [0.4, 0.5) is 8.78 Å². The second-order valence-electron chi connectivity index (χ2n) is 7.67. The molecule has 2 aromatic carbocycles. The summed E-state index contributed by atoms with van der Waals surface area (Å²) in [6.07, 6.45) is 1.61. The number of pyridine rings is 1. The molecule has 0 unspecified atom stereocenters. The van der Waals surface area contributed by atoms with Gasteiger partial charge in [-0.05, 0) is 47.0 Å². The van der Waals surface area contributed by atoms with E-state index in [1.807, 2.05) is 0 Å². The predicted octanol–water partition coefficient (Wildman–Crippen LogP) is 3.97. The summed E-state index contributed by atoms with van der Waals surface area (Å²) in [5, 5.41) is 8.98. The molecule has 31 heavy (non-hydrogen) atoms. The molecule has 1 saturated heterocycles. The molecule has 160 valence electrons. The van der Waals surface area contributed by atoms with E-state index in [2.05, 4.69) is 14.8 Å². The Hall–Kier alpha value is -3.16. The summed E-state index contributed by atoms with van der Waals surface area (Å²) in [7, 11) is 0. The average molecular weight is 423 g/mol. The molecule has 4 rings (SSSR count). The van der Waals surface area contributed by atoms with Crippen molar-refractivity contribution in [2.24, 2.45) is 0 Å². The number of carbonyl (C=O) groups is 1. The minimum absolute atomic E-state index is 0.0370. The van der Waals surface area contributed by atoms with Crippen molar-refractivity contribution in [2.45, 2.75) is 12.6 Å². The molecule has 1 aliphatic heterocycles. The number of benzene rings is 2. The number of aromatic carboxylic acids is 1. The molecule has 0 atom stereocenters. The first-order chi connectivity index (χ1) is 15.0. The zero-order valence-corrected chi connectivity index (χ0v) is 16.9. The zero-order valence-electron chi connectivity index (χ0n) is 16.9. The standard InChI is InChI=1S/C24H23F2N3O2/c25-20-6-2-18(3-7-20)23(19-4-8-21(26)9-5-19)29-13-11-28(12-14-29)16-17-1-10-22(24(30)31)27-15-17/h1-10,15,23H,11-14,16H2,(H,30,31). The third-order valence-electron chi connectivity index (χ3n) is 5.59. The van der Waals surface area contributed by atoms with Crippen molar-refractivity contribution < 1.29 is 18.7 Å². The van der Waals surface area contributed by atoms with Crippen molar-refractivity contribution in [3.05, 3.63) is 101 Å². The van der Waals surface area contributed by atoms with Gasteiger partial charge in [0.05, 0.1) is 6.04 Å². The number of carboxylic acids is 1. The van der Waals surface area contributed by atoms with Crippen molar-refractivity contribution in [1.29, 1.82) is 0 Å². The average Bonchev–Trinajstić information content (AvgIpc) is 2.78. The van der Waals surface area contributed by atoms with Crippen LogP contribution >= 0.6 is 0 Å². The maximum absolute atomic E-state index is 13.5. The van der Waals surface area contributed by atoms with Gasteiger partial charge in [-0.1, -0.05) is 30.3 Å². The van der Waals surface area contributed by atoms with E-state index in [0.717, 1.165) is 42.9 Å². The maximum atomic E-state index is 13.5. The van der Waals surface area contributed by atoms with Crippen LogP contribution in [0.1, 0.15) is 33.2 Å². The van der Waals surface area contributed by atoms with Crippen molar-refractivity contribution in [3.8, 4) is 0 Å². The molecule has 1 N–H and O–H groups in total. The molecule has 0 spiro atoms. The van der Waals surface area contributed by atoms with Crippen LogP contribution in [0.5, 0.6) is 0 Å². The minimum atomic E-state index is -1.03. The van der Waals surface area contributed by atoms with Crippen molar-refractivity contribution in [3.63, 3.8) is 0 Å². The van der Waals surface area contributed by atoms with Gasteiger partial charge in [0, 0.05) is 38.9 Å². The Labute approximate surface area is 179 Å². The normalized spacial score (nSPS) is 15.3. The molecule has 1 aliphatic rings. The van der Waals surface area contributed by atoms with Gasteiger partial charge in [-0.3, -0.25) is 9.80 Å². The van der Waals surface area contributed by atoms with E-state index in [0.29, 0.717) is 6.54 Å². The number of carboxylic acid groups (broad SMARTS) is 1. The van der Waals surface area contributed by atoms with Crippen LogP contribution in [0.2, 0.25) is 0 Å². The summed E-state index contributed by atoms with van der Waals surface area (Å²) in [6, 6.07) is 16.2. The van der Waals surface area contributed by atoms with Gasteiger partial charge in [0.2, 0.25) is 0 Å². The quantitative estimate of drug-likeness (QED) is 0.650. The Bertz CT molecular complexity index is 971. The number of halogens is 2. The van der Waals surface area contributed by atoms with Gasteiger partial charge in [-0.15, -0.1) is 0 Å². The van der Waals surface area contributed by atoms with Crippen LogP contribution in [-0.2, 0) is 6.54 Å². The van der Waals surface area contributed by atoms with E-state index in [-0.39, 0.29) is 23.4 Å². The lowest BCUT2D eigenvalue weighted by molar-refractivity contribution is 0.0690. The van der Waals surface area contributed by atoms with E-state index in [1.54, 1.807) is 36.5 Å². The highest BCUT2D eigenvalue weighted by Gasteiger charge is 2.26. The summed E-state index contributed by atoms with van der Waals surface area (Å²) < 4.78 is 26.9. The Kier molecular flexibility index (Phi) is 6.34. The molecular formula is C24H23F2N3O2. The van der Waals surface area contributed by atoms with Gasteiger partial charge in [0.15, 0.2) is 0 Å². The van der Waals surface area contributed by atoms with Gasteiger partial charge in [0.25, 0.3) is 0 Å². The van der Waals surface area contributed by atoms with Gasteiger partial charge in [-0.25, -0.2) is 18.6 Å². The molecule has 5 nitrogen and oxygen atoms in total. The summed E-state index contributed by atoms with van der Waals surface area (Å²) in [5.41, 5.74) is 2.94. The van der Waals surface area contributed by atoms with Crippen LogP contribution in [0.25, 0.3) is 0 Å². The van der Waals surface area contributed by atoms with Crippen molar-refractivity contribution in [1.82, 2.24) is 14.8 Å². The third kappa shape index (κ3) is 5.13. The zero-order chi connectivity index (χ0) is 21.8. The first-order valence-corrected chi connectivity index (χ1v) is 10.1. The summed E-state index contributed by atoms with van der Waals surface area (Å²) in [5.74, 6) is -1.60. The Balaban J connectivity index is 1.46. The molecule has 0 bridgehead atoms. The molecule has 7 heteroatoms. The number of aromatic nitrogens is 1. The lowest BCUT2D eigenvalue weighted by Crippen LogP contribution is -2.47.